The van der Waals surface area contributed by atoms with Crippen molar-refractivity contribution < 1.29 is 19.5 Å². The molecular weight excluding hydrogens is 338 g/mol. The van der Waals surface area contributed by atoms with E-state index in [1.54, 1.807) is 12.1 Å². The van der Waals surface area contributed by atoms with Crippen LogP contribution in [-0.2, 0) is 6.54 Å². The van der Waals surface area contributed by atoms with Gasteiger partial charge in [0.2, 0.25) is 5.78 Å². The Morgan fingerprint density at radius 3 is 2.48 bits per heavy atom. The van der Waals surface area contributed by atoms with Crippen LogP contribution in [0, 0.1) is 0 Å². The van der Waals surface area contributed by atoms with Crippen molar-refractivity contribution in [2.24, 2.45) is 0 Å². The van der Waals surface area contributed by atoms with Crippen molar-refractivity contribution in [1.82, 2.24) is 0 Å². The maximum absolute atomic E-state index is 12.8. The number of benzene rings is 2. The van der Waals surface area contributed by atoms with Crippen molar-refractivity contribution in [3.8, 4) is 11.5 Å². The molecule has 0 amide bonds. The van der Waals surface area contributed by atoms with Gasteiger partial charge in [-0.2, -0.15) is 0 Å². The second kappa shape index (κ2) is 7.20. The Kier molecular flexibility index (Phi) is 4.75. The summed E-state index contributed by atoms with van der Waals surface area (Å²) in [5.41, 5.74) is 3.32. The number of fused-ring (bicyclic) bond motifs is 1. The molecule has 0 aliphatic carbocycles. The second-order valence-electron chi connectivity index (χ2n) is 7.81. The number of carbonyl (C=O) groups is 1. The van der Waals surface area contributed by atoms with Crippen molar-refractivity contribution in [2.75, 3.05) is 13.1 Å². The number of nitrogens with one attached hydrogen (secondary N) is 1. The molecule has 27 heavy (non-hydrogen) atoms. The van der Waals surface area contributed by atoms with Gasteiger partial charge in [0.15, 0.2) is 5.76 Å². The predicted octanol–water partition coefficient (Wildman–Crippen LogP) is 2.68. The van der Waals surface area contributed by atoms with Crippen molar-refractivity contribution in [3.05, 3.63) is 64.4 Å². The zero-order chi connectivity index (χ0) is 19.0. The van der Waals surface area contributed by atoms with Crippen LogP contribution in [0.25, 0.3) is 6.08 Å². The Hall–Kier alpha value is -2.59. The highest BCUT2D eigenvalue weighted by molar-refractivity contribution is 6.14. The average Bonchev–Trinajstić information content (AvgIpc) is 3.27. The fourth-order valence-electron chi connectivity index (χ4n) is 3.89. The lowest BCUT2D eigenvalue weighted by Crippen LogP contribution is -3.08. The van der Waals surface area contributed by atoms with E-state index in [2.05, 4.69) is 26.0 Å². The normalized spacial score (nSPS) is 18.3. The molecule has 2 heterocycles. The first-order valence-corrected chi connectivity index (χ1v) is 9.73. The summed E-state index contributed by atoms with van der Waals surface area (Å²) in [6.07, 6.45) is 4.15. The van der Waals surface area contributed by atoms with Crippen LogP contribution >= 0.6 is 0 Å². The molecule has 1 saturated heterocycles. The molecular formula is C23H25NO3. The monoisotopic (exact) mass is 363 g/mol. The van der Waals surface area contributed by atoms with Gasteiger partial charge in [-0.25, -0.2) is 0 Å². The van der Waals surface area contributed by atoms with Crippen molar-refractivity contribution >= 4 is 11.9 Å². The van der Waals surface area contributed by atoms with Crippen LogP contribution in [0.15, 0.2) is 42.2 Å². The first-order valence-electron chi connectivity index (χ1n) is 9.73. The standard InChI is InChI=1S/C23H25NO3/c1-15(2)17-7-5-16(6-8-17)13-21-22(26)18-9-10-20(25)19(23(18)27-21)14-24-11-3-4-12-24/h5-10,13,15,25H,3-4,11-12,14H2,1-2H3. The second-order valence-corrected chi connectivity index (χ2v) is 7.81. The Balaban J connectivity index is 1.63. The van der Waals surface area contributed by atoms with E-state index in [0.717, 1.165) is 18.7 Å². The predicted molar refractivity (Wildman–Crippen MR) is 103 cm³/mol. The number of ether oxygens (including phenoxy) is 1. The number of hydrogen-bond donors (Lipinski definition) is 1. The summed E-state index contributed by atoms with van der Waals surface area (Å²) >= 11 is 0. The average molecular weight is 363 g/mol. The number of carbonyl (C=O) groups excluding carboxylic acids is 1. The third-order valence-corrected chi connectivity index (χ3v) is 5.54. The molecule has 2 aromatic carbocycles. The number of likely N-dealkylation sites (tertiary alicyclic amines) is 1. The Bertz CT molecular complexity index is 891. The van der Waals surface area contributed by atoms with E-state index in [0.29, 0.717) is 35.1 Å². The van der Waals surface area contributed by atoms with Crippen LogP contribution in [0.2, 0.25) is 0 Å². The summed E-state index contributed by atoms with van der Waals surface area (Å²) in [4.78, 5) is 14.2. The molecule has 0 aromatic heterocycles. The van der Waals surface area contributed by atoms with E-state index in [1.165, 1.54) is 29.4 Å². The number of quaternary nitrogens is 1. The third kappa shape index (κ3) is 3.50. The first kappa shape index (κ1) is 17.8. The lowest BCUT2D eigenvalue weighted by Gasteiger charge is -2.19. The fourth-order valence-corrected chi connectivity index (χ4v) is 3.89. The zero-order valence-electron chi connectivity index (χ0n) is 15.9. The molecule has 2 aliphatic rings. The maximum Gasteiger partial charge on any atom is 0.231 e. The molecule has 2 aromatic rings. The number of rotatable bonds is 4. The molecule has 0 atom stereocenters. The summed E-state index contributed by atoms with van der Waals surface area (Å²) in [6.45, 7) is 7.08. The molecule has 0 spiro atoms. The van der Waals surface area contributed by atoms with E-state index in [1.807, 2.05) is 12.1 Å². The number of Topliss-reactive ketones (excluding diaryl/α,β-unsaturated/α-hetero) is 1. The van der Waals surface area contributed by atoms with Gasteiger partial charge < -0.3 is 14.7 Å². The van der Waals surface area contributed by atoms with Crippen LogP contribution in [0.5, 0.6) is 11.5 Å². The fraction of sp³-hybridized carbons (Fsp3) is 0.348. The van der Waals surface area contributed by atoms with Gasteiger partial charge in [-0.1, -0.05) is 49.9 Å². The molecule has 140 valence electrons. The van der Waals surface area contributed by atoms with E-state index >= 15 is 0 Å². The van der Waals surface area contributed by atoms with E-state index in [-0.39, 0.29) is 11.5 Å². The Labute approximate surface area is 160 Å². The highest BCUT2D eigenvalue weighted by atomic mass is 16.5. The molecule has 1 fully saturated rings. The molecule has 0 bridgehead atoms. The molecule has 1 N–H and O–H groups in total. The summed E-state index contributed by atoms with van der Waals surface area (Å²) in [5.74, 6) is 1.05. The number of ketones is 1. The highest BCUT2D eigenvalue weighted by Crippen LogP contribution is 2.38. The Morgan fingerprint density at radius 2 is 1.81 bits per heavy atom. The van der Waals surface area contributed by atoms with Gasteiger partial charge >= 0.3 is 0 Å². The lowest BCUT2D eigenvalue weighted by molar-refractivity contribution is -0.901. The van der Waals surface area contributed by atoms with Crippen LogP contribution in [-0.4, -0.2) is 18.9 Å². The van der Waals surface area contributed by atoms with Crippen molar-refractivity contribution in [3.63, 3.8) is 0 Å². The minimum absolute atomic E-state index is 0.0384. The van der Waals surface area contributed by atoms with Gasteiger partial charge in [0, 0.05) is 18.4 Å². The summed E-state index contributed by atoms with van der Waals surface area (Å²) in [6, 6.07) is 11.2. The highest BCUT2D eigenvalue weighted by Gasteiger charge is 2.31. The van der Waals surface area contributed by atoms with Gasteiger partial charge in [0.1, 0.15) is 12.3 Å². The number of allylic oxidation sites excluding steroid dienone is 1. The van der Waals surface area contributed by atoms with Crippen molar-refractivity contribution in [1.29, 1.82) is 0 Å². The molecule has 4 nitrogen and oxygen atoms in total. The molecule has 0 radical (unpaired) electrons. The molecule has 0 saturated carbocycles. The van der Waals surface area contributed by atoms with Gasteiger partial charge in [0.25, 0.3) is 0 Å². The van der Waals surface area contributed by atoms with Crippen LogP contribution < -0.4 is 14.7 Å². The summed E-state index contributed by atoms with van der Waals surface area (Å²) < 4.78 is 5.92. The summed E-state index contributed by atoms with van der Waals surface area (Å²) in [7, 11) is 0. The van der Waals surface area contributed by atoms with E-state index in [4.69, 9.17) is 4.74 Å². The van der Waals surface area contributed by atoms with E-state index in [9.17, 15) is 9.90 Å². The Morgan fingerprint density at radius 1 is 1.11 bits per heavy atom. The van der Waals surface area contributed by atoms with Crippen molar-refractivity contribution in [2.45, 2.75) is 39.2 Å². The van der Waals surface area contributed by atoms with Gasteiger partial charge in [0.05, 0.1) is 18.7 Å². The van der Waals surface area contributed by atoms with Gasteiger partial charge in [-0.15, -0.1) is 0 Å². The summed E-state index contributed by atoms with van der Waals surface area (Å²) in [5, 5.41) is 12.4. The zero-order valence-corrected chi connectivity index (χ0v) is 15.9. The van der Waals surface area contributed by atoms with E-state index < -0.39 is 0 Å². The quantitative estimate of drug-likeness (QED) is 0.850. The topological polar surface area (TPSA) is 53.8 Å². The minimum atomic E-state index is -0.143. The largest absolute Gasteiger partial charge is 0.872 e. The smallest absolute Gasteiger partial charge is 0.231 e. The number of hydrogen-bond acceptors (Lipinski definition) is 3. The van der Waals surface area contributed by atoms with Crippen LogP contribution in [0.1, 0.15) is 59.7 Å². The minimum Gasteiger partial charge on any atom is -0.872 e. The maximum atomic E-state index is 12.8. The molecule has 0 unspecified atom stereocenters. The molecule has 4 heteroatoms. The molecule has 2 aliphatic heterocycles. The SMILES string of the molecule is CC(C)c1ccc(C=C2Oc3c(ccc([O-])c3C[NH+]3CCCC3)C2=O)cc1. The lowest BCUT2D eigenvalue weighted by atomic mass is 10.0. The van der Waals surface area contributed by atoms with Gasteiger partial charge in [-0.3, -0.25) is 4.79 Å². The first-order chi connectivity index (χ1) is 13.0. The van der Waals surface area contributed by atoms with Gasteiger partial charge in [-0.05, 0) is 29.2 Å². The molecule has 4 rings (SSSR count). The third-order valence-electron chi connectivity index (χ3n) is 5.54. The van der Waals surface area contributed by atoms with Crippen LogP contribution in [0.3, 0.4) is 0 Å². The van der Waals surface area contributed by atoms with Crippen LogP contribution in [0.4, 0.5) is 0 Å².